The predicted molar refractivity (Wildman–Crippen MR) is 120 cm³/mol. The highest BCUT2D eigenvalue weighted by Crippen LogP contribution is 2.25. The Labute approximate surface area is 182 Å². The van der Waals surface area contributed by atoms with Crippen LogP contribution in [0.25, 0.3) is 17.4 Å². The van der Waals surface area contributed by atoms with E-state index in [-0.39, 0.29) is 10.8 Å². The number of nitrogens with zero attached hydrogens (tertiary/aromatic N) is 1. The minimum absolute atomic E-state index is 0.0227. The fourth-order valence-corrected chi connectivity index (χ4v) is 2.97. The second-order valence-corrected chi connectivity index (χ2v) is 7.04. The maximum Gasteiger partial charge on any atom is 0.274 e. The van der Waals surface area contributed by atoms with Crippen LogP contribution >= 0.6 is 23.8 Å². The Kier molecular flexibility index (Phi) is 6.61. The average molecular weight is 442 g/mol. The largest absolute Gasteiger partial charge is 0.457 e. The molecule has 0 unspecified atom stereocenters. The van der Waals surface area contributed by atoms with Crippen molar-refractivity contribution in [3.8, 4) is 11.3 Å². The molecule has 1 aromatic heterocycles. The van der Waals surface area contributed by atoms with Crippen LogP contribution in [0.5, 0.6) is 0 Å². The number of benzene rings is 2. The van der Waals surface area contributed by atoms with Gasteiger partial charge in [-0.3, -0.25) is 20.2 Å². The number of nitro benzene ring substituents is 1. The Morgan fingerprint density at radius 1 is 1.17 bits per heavy atom. The van der Waals surface area contributed by atoms with Crippen molar-refractivity contribution in [2.45, 2.75) is 6.92 Å². The maximum absolute atomic E-state index is 12.1. The number of hydrogen-bond donors (Lipinski definition) is 2. The second-order valence-electron chi connectivity index (χ2n) is 6.19. The third kappa shape index (κ3) is 5.31. The number of hydrogen-bond acceptors (Lipinski definition) is 5. The van der Waals surface area contributed by atoms with Crippen LogP contribution in [0.2, 0.25) is 5.02 Å². The molecule has 1 heterocycles. The Morgan fingerprint density at radius 2 is 1.90 bits per heavy atom. The standard InChI is InChI=1S/C21H16ClN3O4S/c1-13-17(3-2-4-18(13)25(27)28)23-21(30)24-20(26)12-10-16-9-11-19(29-16)14-5-7-15(22)8-6-14/h2-12H,1H3,(H2,23,24,26,30)/b12-10+. The molecular formula is C21H16ClN3O4S. The smallest absolute Gasteiger partial charge is 0.274 e. The lowest BCUT2D eigenvalue weighted by molar-refractivity contribution is -0.385. The van der Waals surface area contributed by atoms with E-state index >= 15 is 0 Å². The molecule has 2 N–H and O–H groups in total. The molecule has 0 bridgehead atoms. The van der Waals surface area contributed by atoms with Crippen molar-refractivity contribution in [3.63, 3.8) is 0 Å². The number of nitro groups is 1. The Bertz CT molecular complexity index is 1140. The van der Waals surface area contributed by atoms with Gasteiger partial charge in [-0.05, 0) is 67.7 Å². The summed E-state index contributed by atoms with van der Waals surface area (Å²) in [5, 5.41) is 16.9. The summed E-state index contributed by atoms with van der Waals surface area (Å²) < 4.78 is 5.69. The molecule has 0 saturated carbocycles. The van der Waals surface area contributed by atoms with Gasteiger partial charge in [0.25, 0.3) is 5.69 Å². The van der Waals surface area contributed by atoms with Gasteiger partial charge < -0.3 is 9.73 Å². The van der Waals surface area contributed by atoms with Gasteiger partial charge in [-0.2, -0.15) is 0 Å². The van der Waals surface area contributed by atoms with E-state index in [0.717, 1.165) is 5.56 Å². The molecule has 152 valence electrons. The Morgan fingerprint density at radius 3 is 2.60 bits per heavy atom. The van der Waals surface area contributed by atoms with E-state index in [0.29, 0.717) is 27.8 Å². The van der Waals surface area contributed by atoms with Crippen molar-refractivity contribution in [1.29, 1.82) is 0 Å². The lowest BCUT2D eigenvalue weighted by Crippen LogP contribution is -2.33. The normalized spacial score (nSPS) is 10.7. The van der Waals surface area contributed by atoms with Crippen LogP contribution in [0.3, 0.4) is 0 Å². The third-order valence-corrected chi connectivity index (χ3v) is 4.60. The van der Waals surface area contributed by atoms with E-state index in [1.165, 1.54) is 24.3 Å². The van der Waals surface area contributed by atoms with Crippen LogP contribution in [0.15, 0.2) is 65.1 Å². The maximum atomic E-state index is 12.1. The van der Waals surface area contributed by atoms with Crippen LogP contribution in [0, 0.1) is 17.0 Å². The van der Waals surface area contributed by atoms with Crippen molar-refractivity contribution in [3.05, 3.63) is 87.1 Å². The molecule has 0 saturated heterocycles. The van der Waals surface area contributed by atoms with E-state index in [9.17, 15) is 14.9 Å². The minimum Gasteiger partial charge on any atom is -0.457 e. The quantitative estimate of drug-likeness (QED) is 0.240. The monoisotopic (exact) mass is 441 g/mol. The lowest BCUT2D eigenvalue weighted by Gasteiger charge is -2.10. The van der Waals surface area contributed by atoms with Gasteiger partial charge >= 0.3 is 0 Å². The van der Waals surface area contributed by atoms with Crippen LogP contribution < -0.4 is 10.6 Å². The van der Waals surface area contributed by atoms with Gasteiger partial charge in [0.05, 0.1) is 16.2 Å². The highest BCUT2D eigenvalue weighted by Gasteiger charge is 2.14. The predicted octanol–water partition coefficient (Wildman–Crippen LogP) is 5.34. The third-order valence-electron chi connectivity index (χ3n) is 4.14. The zero-order chi connectivity index (χ0) is 21.7. The summed E-state index contributed by atoms with van der Waals surface area (Å²) in [6.45, 7) is 1.60. The van der Waals surface area contributed by atoms with Crippen molar-refractivity contribution in [1.82, 2.24) is 5.32 Å². The van der Waals surface area contributed by atoms with Crippen molar-refractivity contribution in [2.24, 2.45) is 0 Å². The summed E-state index contributed by atoms with van der Waals surface area (Å²) in [4.78, 5) is 22.6. The van der Waals surface area contributed by atoms with Gasteiger partial charge in [0.2, 0.25) is 5.91 Å². The van der Waals surface area contributed by atoms with Gasteiger partial charge in [0.1, 0.15) is 11.5 Å². The van der Waals surface area contributed by atoms with Gasteiger partial charge in [-0.1, -0.05) is 17.7 Å². The fourth-order valence-electron chi connectivity index (χ4n) is 2.63. The summed E-state index contributed by atoms with van der Waals surface area (Å²) in [7, 11) is 0. The van der Waals surface area contributed by atoms with Crippen molar-refractivity contribution in [2.75, 3.05) is 5.32 Å². The van der Waals surface area contributed by atoms with Crippen LogP contribution in [0.1, 0.15) is 11.3 Å². The fraction of sp³-hybridized carbons (Fsp3) is 0.0476. The molecule has 7 nitrogen and oxygen atoms in total. The first-order valence-electron chi connectivity index (χ1n) is 8.73. The molecule has 9 heteroatoms. The minimum atomic E-state index is -0.480. The Hall–Kier alpha value is -3.49. The van der Waals surface area contributed by atoms with Gasteiger partial charge in [-0.25, -0.2) is 0 Å². The highest BCUT2D eigenvalue weighted by molar-refractivity contribution is 7.80. The zero-order valence-corrected chi connectivity index (χ0v) is 17.3. The molecule has 0 radical (unpaired) electrons. The van der Waals surface area contributed by atoms with E-state index in [1.807, 2.05) is 12.1 Å². The molecular weight excluding hydrogens is 426 g/mol. The van der Waals surface area contributed by atoms with Crippen LogP contribution in [-0.2, 0) is 4.79 Å². The van der Waals surface area contributed by atoms with E-state index < -0.39 is 10.8 Å². The highest BCUT2D eigenvalue weighted by atomic mass is 35.5. The van der Waals surface area contributed by atoms with E-state index in [2.05, 4.69) is 10.6 Å². The molecule has 0 atom stereocenters. The Balaban J connectivity index is 1.60. The topological polar surface area (TPSA) is 97.4 Å². The molecule has 3 rings (SSSR count). The van der Waals surface area contributed by atoms with E-state index in [4.69, 9.17) is 28.2 Å². The molecule has 0 aliphatic heterocycles. The van der Waals surface area contributed by atoms with Crippen molar-refractivity contribution >= 4 is 52.3 Å². The second kappa shape index (κ2) is 9.34. The molecule has 0 aliphatic carbocycles. The van der Waals surface area contributed by atoms with Gasteiger partial charge in [0, 0.05) is 22.7 Å². The number of carbonyl (C=O) groups is 1. The molecule has 30 heavy (non-hydrogen) atoms. The summed E-state index contributed by atoms with van der Waals surface area (Å²) >= 11 is 11.0. The van der Waals surface area contributed by atoms with Crippen LogP contribution in [-0.4, -0.2) is 15.9 Å². The lowest BCUT2D eigenvalue weighted by atomic mass is 10.1. The van der Waals surface area contributed by atoms with Crippen molar-refractivity contribution < 1.29 is 14.1 Å². The first kappa shape index (κ1) is 21.2. The number of furan rings is 1. The number of nitrogens with one attached hydrogen (secondary N) is 2. The summed E-state index contributed by atoms with van der Waals surface area (Å²) in [6, 6.07) is 15.3. The molecule has 3 aromatic rings. The number of carbonyl (C=O) groups excluding carboxylic acids is 1. The van der Waals surface area contributed by atoms with E-state index in [1.54, 1.807) is 37.3 Å². The number of rotatable bonds is 5. The van der Waals surface area contributed by atoms with Crippen LogP contribution in [0.4, 0.5) is 11.4 Å². The zero-order valence-electron chi connectivity index (χ0n) is 15.7. The molecule has 1 amide bonds. The summed E-state index contributed by atoms with van der Waals surface area (Å²) in [5.74, 6) is 0.661. The molecule has 2 aromatic carbocycles. The molecule has 0 aliphatic rings. The first-order chi connectivity index (χ1) is 14.3. The number of amides is 1. The molecule has 0 fully saturated rings. The summed E-state index contributed by atoms with van der Waals surface area (Å²) in [5.41, 5.74) is 1.68. The number of thiocarbonyl (C=S) groups is 1. The first-order valence-corrected chi connectivity index (χ1v) is 9.52. The average Bonchev–Trinajstić information content (AvgIpc) is 3.17. The number of anilines is 1. The summed E-state index contributed by atoms with van der Waals surface area (Å²) in [6.07, 6.45) is 2.79. The van der Waals surface area contributed by atoms with Gasteiger partial charge in [-0.15, -0.1) is 0 Å². The molecule has 0 spiro atoms. The number of halogens is 1. The van der Waals surface area contributed by atoms with Gasteiger partial charge in [0.15, 0.2) is 5.11 Å². The SMILES string of the molecule is Cc1c(NC(=S)NC(=O)/C=C/c2ccc(-c3ccc(Cl)cc3)o2)cccc1[N+](=O)[O-].